The lowest BCUT2D eigenvalue weighted by Gasteiger charge is -2.27. The Morgan fingerprint density at radius 3 is 2.80 bits per heavy atom. The van der Waals surface area contributed by atoms with Crippen molar-refractivity contribution < 1.29 is 9.53 Å². The summed E-state index contributed by atoms with van der Waals surface area (Å²) < 4.78 is 5.01. The minimum absolute atomic E-state index is 0.168. The zero-order chi connectivity index (χ0) is 10.8. The number of carbonyl (C=O) groups excluding carboxylic acids is 1. The van der Waals surface area contributed by atoms with Crippen LogP contribution < -0.4 is 0 Å². The fraction of sp³-hybridized carbons (Fsp3) is 0.727. The van der Waals surface area contributed by atoms with Crippen molar-refractivity contribution in [2.45, 2.75) is 13.3 Å². The molecule has 0 radical (unpaired) electrons. The monoisotopic (exact) mass is 210 g/mol. The van der Waals surface area contributed by atoms with Gasteiger partial charge in [0.1, 0.15) is 0 Å². The summed E-state index contributed by atoms with van der Waals surface area (Å²) in [5, 5.41) is 0. The van der Waals surface area contributed by atoms with Crippen LogP contribution in [0.2, 0.25) is 0 Å². The van der Waals surface area contributed by atoms with E-state index in [4.69, 9.17) is 4.74 Å². The van der Waals surface area contributed by atoms with Crippen LogP contribution in [0.1, 0.15) is 13.3 Å². The van der Waals surface area contributed by atoms with Crippen LogP contribution in [0.5, 0.6) is 0 Å². The van der Waals surface area contributed by atoms with Crippen LogP contribution in [0, 0.1) is 0 Å². The third kappa shape index (κ3) is 2.15. The molecular weight excluding hydrogens is 192 g/mol. The molecule has 0 spiro atoms. The van der Waals surface area contributed by atoms with Gasteiger partial charge < -0.3 is 9.64 Å². The molecule has 4 nitrogen and oxygen atoms in total. The van der Waals surface area contributed by atoms with Crippen molar-refractivity contribution in [1.29, 1.82) is 0 Å². The fourth-order valence-electron chi connectivity index (χ4n) is 2.30. The number of rotatable bonds is 1. The minimum atomic E-state index is -0.168. The van der Waals surface area contributed by atoms with Crippen LogP contribution in [-0.4, -0.2) is 55.7 Å². The molecule has 84 valence electrons. The largest absolute Gasteiger partial charge is 0.450 e. The number of nitrogens with zero attached hydrogens (tertiary/aromatic N) is 2. The molecular formula is C11H18N2O2. The molecule has 0 unspecified atom stereocenters. The maximum Gasteiger partial charge on any atom is 0.410 e. The minimum Gasteiger partial charge on any atom is -0.450 e. The average Bonchev–Trinajstić information content (AvgIpc) is 2.57. The summed E-state index contributed by atoms with van der Waals surface area (Å²) in [6.45, 7) is 5.96. The van der Waals surface area contributed by atoms with Crippen molar-refractivity contribution in [2.75, 3.05) is 39.8 Å². The highest BCUT2D eigenvalue weighted by Crippen LogP contribution is 2.24. The topological polar surface area (TPSA) is 32.8 Å². The van der Waals surface area contributed by atoms with Gasteiger partial charge in [-0.2, -0.15) is 0 Å². The van der Waals surface area contributed by atoms with Crippen LogP contribution in [0.25, 0.3) is 0 Å². The highest BCUT2D eigenvalue weighted by atomic mass is 16.6. The molecule has 4 heteroatoms. The lowest BCUT2D eigenvalue weighted by molar-refractivity contribution is 0.109. The second-order valence-electron chi connectivity index (χ2n) is 4.25. The molecule has 0 saturated carbocycles. The highest BCUT2D eigenvalue weighted by Gasteiger charge is 2.27. The summed E-state index contributed by atoms with van der Waals surface area (Å²) in [7, 11) is 2.12. The van der Waals surface area contributed by atoms with Crippen molar-refractivity contribution in [2.24, 2.45) is 0 Å². The number of carbonyl (C=O) groups is 1. The number of hydrogen-bond donors (Lipinski definition) is 0. The molecule has 2 rings (SSSR count). The fourth-order valence-corrected chi connectivity index (χ4v) is 2.30. The Kier molecular flexibility index (Phi) is 2.95. The predicted molar refractivity (Wildman–Crippen MR) is 57.7 cm³/mol. The van der Waals surface area contributed by atoms with E-state index in [0.717, 1.165) is 32.6 Å². The van der Waals surface area contributed by atoms with Crippen molar-refractivity contribution in [3.63, 3.8) is 0 Å². The summed E-state index contributed by atoms with van der Waals surface area (Å²) in [6, 6.07) is 0. The summed E-state index contributed by atoms with van der Waals surface area (Å²) in [5.41, 5.74) is 2.94. The SMILES string of the molecule is CCOC(=O)N1CCC2=C(CN(C)C2)C1. The van der Waals surface area contributed by atoms with Crippen LogP contribution in [0.4, 0.5) is 4.79 Å². The first-order valence-corrected chi connectivity index (χ1v) is 5.50. The number of likely N-dealkylation sites (N-methyl/N-ethyl adjacent to an activating group) is 1. The maximum atomic E-state index is 11.5. The highest BCUT2D eigenvalue weighted by molar-refractivity contribution is 5.68. The first-order chi connectivity index (χ1) is 7.20. The van der Waals surface area contributed by atoms with Gasteiger partial charge in [0.25, 0.3) is 0 Å². The standard InChI is InChI=1S/C11H18N2O2/c1-3-15-11(14)13-5-4-9-6-12(2)7-10(9)8-13/h3-8H2,1-2H3. The Bertz CT molecular complexity index is 299. The second-order valence-corrected chi connectivity index (χ2v) is 4.25. The van der Waals surface area contributed by atoms with Gasteiger partial charge in [0, 0.05) is 26.2 Å². The van der Waals surface area contributed by atoms with Gasteiger partial charge in [-0.15, -0.1) is 0 Å². The van der Waals surface area contributed by atoms with Gasteiger partial charge in [-0.05, 0) is 26.0 Å². The average molecular weight is 210 g/mol. The van der Waals surface area contributed by atoms with E-state index in [1.54, 1.807) is 0 Å². The molecule has 0 aromatic rings. The quantitative estimate of drug-likeness (QED) is 0.607. The van der Waals surface area contributed by atoms with Crippen LogP contribution in [-0.2, 0) is 4.74 Å². The van der Waals surface area contributed by atoms with Crippen molar-refractivity contribution >= 4 is 6.09 Å². The summed E-state index contributed by atoms with van der Waals surface area (Å²) >= 11 is 0. The third-order valence-corrected chi connectivity index (χ3v) is 3.01. The molecule has 15 heavy (non-hydrogen) atoms. The lowest BCUT2D eigenvalue weighted by Crippen LogP contribution is -2.37. The zero-order valence-corrected chi connectivity index (χ0v) is 9.45. The molecule has 0 bridgehead atoms. The Hall–Kier alpha value is -1.03. The third-order valence-electron chi connectivity index (χ3n) is 3.01. The molecule has 1 amide bonds. The van der Waals surface area contributed by atoms with E-state index in [1.807, 2.05) is 11.8 Å². The summed E-state index contributed by atoms with van der Waals surface area (Å²) in [6.07, 6.45) is 0.844. The number of ether oxygens (including phenoxy) is 1. The van der Waals surface area contributed by atoms with E-state index in [1.165, 1.54) is 11.1 Å². The van der Waals surface area contributed by atoms with E-state index in [2.05, 4.69) is 11.9 Å². The molecule has 2 aliphatic rings. The van der Waals surface area contributed by atoms with E-state index in [9.17, 15) is 4.79 Å². The van der Waals surface area contributed by atoms with E-state index < -0.39 is 0 Å². The summed E-state index contributed by atoms with van der Waals surface area (Å²) in [5.74, 6) is 0. The molecule has 0 aromatic heterocycles. The van der Waals surface area contributed by atoms with Gasteiger partial charge in [0.2, 0.25) is 0 Å². The molecule has 2 heterocycles. The second kappa shape index (κ2) is 4.23. The normalized spacial score (nSPS) is 21.9. The van der Waals surface area contributed by atoms with Gasteiger partial charge >= 0.3 is 6.09 Å². The van der Waals surface area contributed by atoms with Crippen molar-refractivity contribution in [3.8, 4) is 0 Å². The Labute approximate surface area is 90.5 Å². The van der Waals surface area contributed by atoms with Gasteiger partial charge in [-0.3, -0.25) is 4.90 Å². The molecule has 0 atom stereocenters. The van der Waals surface area contributed by atoms with Crippen LogP contribution in [0.15, 0.2) is 11.1 Å². The molecule has 0 N–H and O–H groups in total. The van der Waals surface area contributed by atoms with Gasteiger partial charge in [0.15, 0.2) is 0 Å². The Balaban J connectivity index is 1.97. The smallest absolute Gasteiger partial charge is 0.410 e. The van der Waals surface area contributed by atoms with Gasteiger partial charge in [-0.1, -0.05) is 5.57 Å². The molecule has 0 saturated heterocycles. The Morgan fingerprint density at radius 2 is 2.07 bits per heavy atom. The Morgan fingerprint density at radius 1 is 1.33 bits per heavy atom. The summed E-state index contributed by atoms with van der Waals surface area (Å²) in [4.78, 5) is 15.6. The van der Waals surface area contributed by atoms with E-state index in [-0.39, 0.29) is 6.09 Å². The van der Waals surface area contributed by atoms with Crippen LogP contribution >= 0.6 is 0 Å². The van der Waals surface area contributed by atoms with Gasteiger partial charge in [-0.25, -0.2) is 4.79 Å². The van der Waals surface area contributed by atoms with E-state index >= 15 is 0 Å². The van der Waals surface area contributed by atoms with Crippen LogP contribution in [0.3, 0.4) is 0 Å². The van der Waals surface area contributed by atoms with E-state index in [0.29, 0.717) is 6.61 Å². The maximum absolute atomic E-state index is 11.5. The molecule has 0 fully saturated rings. The first-order valence-electron chi connectivity index (χ1n) is 5.50. The number of amides is 1. The molecule has 0 aromatic carbocycles. The predicted octanol–water partition coefficient (Wildman–Crippen LogP) is 1.09. The molecule has 2 aliphatic heterocycles. The zero-order valence-electron chi connectivity index (χ0n) is 9.45. The number of hydrogen-bond acceptors (Lipinski definition) is 3. The molecule has 0 aliphatic carbocycles. The van der Waals surface area contributed by atoms with Crippen molar-refractivity contribution in [3.05, 3.63) is 11.1 Å². The first kappa shape index (κ1) is 10.5. The lowest BCUT2D eigenvalue weighted by atomic mass is 10.0. The van der Waals surface area contributed by atoms with Crippen molar-refractivity contribution in [1.82, 2.24) is 9.80 Å². The van der Waals surface area contributed by atoms with Gasteiger partial charge in [0.05, 0.1) is 6.61 Å².